The molecule has 2 N–H and O–H groups in total. The molecule has 0 saturated heterocycles. The van der Waals surface area contributed by atoms with E-state index >= 15 is 0 Å². The van der Waals surface area contributed by atoms with Crippen LogP contribution in [0.1, 0.15) is 5.56 Å². The second-order valence-electron chi connectivity index (χ2n) is 2.95. The van der Waals surface area contributed by atoms with E-state index in [0.717, 1.165) is 0 Å². The van der Waals surface area contributed by atoms with Crippen molar-refractivity contribution < 1.29 is 10.2 Å². The van der Waals surface area contributed by atoms with Crippen molar-refractivity contribution in [1.29, 1.82) is 5.26 Å². The second-order valence-corrected chi connectivity index (χ2v) is 2.95. The first-order chi connectivity index (χ1) is 7.31. The van der Waals surface area contributed by atoms with Gasteiger partial charge in [0.15, 0.2) is 0 Å². The lowest BCUT2D eigenvalue weighted by atomic mass is 10.3. The highest BCUT2D eigenvalue weighted by molar-refractivity contribution is 5.44. The third kappa shape index (κ3) is 3.20. The van der Waals surface area contributed by atoms with Crippen molar-refractivity contribution in [3.63, 3.8) is 0 Å². The maximum absolute atomic E-state index is 8.84. The zero-order valence-electron chi connectivity index (χ0n) is 8.30. The molecule has 0 radical (unpaired) electrons. The summed E-state index contributed by atoms with van der Waals surface area (Å²) >= 11 is 0. The molecule has 0 aliphatic heterocycles. The zero-order valence-corrected chi connectivity index (χ0v) is 8.30. The Hall–Kier alpha value is -1.64. The lowest BCUT2D eigenvalue weighted by molar-refractivity contribution is 0.280. The topological polar surface area (TPSA) is 80.4 Å². The number of aliphatic hydroxyl groups excluding tert-OH is 2. The number of rotatable bonds is 5. The van der Waals surface area contributed by atoms with Gasteiger partial charge < -0.3 is 15.1 Å². The highest BCUT2D eigenvalue weighted by atomic mass is 16.3. The van der Waals surface area contributed by atoms with Crippen molar-refractivity contribution in [3.05, 3.63) is 23.9 Å². The summed E-state index contributed by atoms with van der Waals surface area (Å²) in [5.74, 6) is 0.595. The van der Waals surface area contributed by atoms with Gasteiger partial charge in [0.1, 0.15) is 5.82 Å². The third-order valence-corrected chi connectivity index (χ3v) is 1.94. The van der Waals surface area contributed by atoms with Gasteiger partial charge in [-0.15, -0.1) is 0 Å². The van der Waals surface area contributed by atoms with E-state index in [1.54, 1.807) is 17.0 Å². The minimum Gasteiger partial charge on any atom is -0.395 e. The molecule has 0 bridgehead atoms. The molecule has 0 atom stereocenters. The van der Waals surface area contributed by atoms with Gasteiger partial charge in [0.05, 0.1) is 24.8 Å². The van der Waals surface area contributed by atoms with Gasteiger partial charge in [-0.3, -0.25) is 0 Å². The van der Waals surface area contributed by atoms with Gasteiger partial charge >= 0.3 is 0 Å². The van der Waals surface area contributed by atoms with Crippen LogP contribution < -0.4 is 4.90 Å². The van der Waals surface area contributed by atoms with Gasteiger partial charge in [0.2, 0.25) is 0 Å². The molecule has 0 amide bonds. The van der Waals surface area contributed by atoms with Crippen LogP contribution in [0.15, 0.2) is 18.3 Å². The molecule has 1 aromatic rings. The molecular formula is C10H13N3O2. The van der Waals surface area contributed by atoms with E-state index in [1.807, 2.05) is 6.07 Å². The molecule has 0 saturated carbocycles. The van der Waals surface area contributed by atoms with E-state index in [0.29, 0.717) is 24.5 Å². The average Bonchev–Trinajstić information content (AvgIpc) is 2.29. The van der Waals surface area contributed by atoms with Crippen molar-refractivity contribution in [1.82, 2.24) is 4.98 Å². The van der Waals surface area contributed by atoms with E-state index in [4.69, 9.17) is 15.5 Å². The number of aliphatic hydroxyl groups is 2. The number of hydrogen-bond acceptors (Lipinski definition) is 5. The lowest BCUT2D eigenvalue weighted by Gasteiger charge is -2.21. The molecular weight excluding hydrogens is 194 g/mol. The van der Waals surface area contributed by atoms with Gasteiger partial charge in [-0.1, -0.05) is 0 Å². The molecule has 0 unspecified atom stereocenters. The SMILES string of the molecule is N#Cc1ccnc(N(CCO)CCO)c1. The van der Waals surface area contributed by atoms with E-state index in [1.165, 1.54) is 6.20 Å². The second kappa shape index (κ2) is 5.96. The summed E-state index contributed by atoms with van der Waals surface area (Å²) in [5.41, 5.74) is 0.515. The van der Waals surface area contributed by atoms with Gasteiger partial charge in [-0.05, 0) is 12.1 Å². The maximum atomic E-state index is 8.84. The maximum Gasteiger partial charge on any atom is 0.129 e. The standard InChI is InChI=1S/C10H13N3O2/c11-8-9-1-2-12-10(7-9)13(3-5-14)4-6-15/h1-2,7,14-15H,3-6H2. The van der Waals surface area contributed by atoms with Crippen LogP contribution in [0.4, 0.5) is 5.82 Å². The fraction of sp³-hybridized carbons (Fsp3) is 0.400. The van der Waals surface area contributed by atoms with Crippen LogP contribution in [0, 0.1) is 11.3 Å². The summed E-state index contributed by atoms with van der Waals surface area (Å²) in [7, 11) is 0. The van der Waals surface area contributed by atoms with Gasteiger partial charge in [0.25, 0.3) is 0 Å². The fourth-order valence-electron chi connectivity index (χ4n) is 1.24. The smallest absolute Gasteiger partial charge is 0.129 e. The fourth-order valence-corrected chi connectivity index (χ4v) is 1.24. The Labute approximate surface area is 88.2 Å². The van der Waals surface area contributed by atoms with Crippen molar-refractivity contribution in [3.8, 4) is 6.07 Å². The molecule has 0 fully saturated rings. The van der Waals surface area contributed by atoms with Crippen LogP contribution in [-0.4, -0.2) is 41.5 Å². The highest BCUT2D eigenvalue weighted by Gasteiger charge is 2.06. The number of nitrogens with zero attached hydrogens (tertiary/aromatic N) is 3. The van der Waals surface area contributed by atoms with Crippen molar-refractivity contribution in [2.45, 2.75) is 0 Å². The minimum absolute atomic E-state index is 0.0154. The summed E-state index contributed by atoms with van der Waals surface area (Å²) in [6, 6.07) is 5.26. The predicted octanol–water partition coefficient (Wildman–Crippen LogP) is -0.256. The first-order valence-electron chi connectivity index (χ1n) is 4.64. The summed E-state index contributed by atoms with van der Waals surface area (Å²) in [5, 5.41) is 26.4. The van der Waals surface area contributed by atoms with Crippen LogP contribution in [0.5, 0.6) is 0 Å². The van der Waals surface area contributed by atoms with E-state index in [-0.39, 0.29) is 13.2 Å². The summed E-state index contributed by atoms with van der Waals surface area (Å²) in [6.07, 6.45) is 1.54. The molecule has 5 nitrogen and oxygen atoms in total. The monoisotopic (exact) mass is 207 g/mol. The van der Waals surface area contributed by atoms with Gasteiger partial charge in [-0.25, -0.2) is 4.98 Å². The van der Waals surface area contributed by atoms with Gasteiger partial charge in [0, 0.05) is 19.3 Å². The lowest BCUT2D eigenvalue weighted by Crippen LogP contribution is -2.30. The average molecular weight is 207 g/mol. The molecule has 0 spiro atoms. The van der Waals surface area contributed by atoms with Crippen LogP contribution in [-0.2, 0) is 0 Å². The quantitative estimate of drug-likeness (QED) is 0.695. The Bertz CT molecular complexity index is 343. The Morgan fingerprint density at radius 2 is 2.00 bits per heavy atom. The number of pyridine rings is 1. The van der Waals surface area contributed by atoms with Gasteiger partial charge in [-0.2, -0.15) is 5.26 Å². The summed E-state index contributed by atoms with van der Waals surface area (Å²) in [4.78, 5) is 5.80. The number of anilines is 1. The molecule has 5 heteroatoms. The summed E-state index contributed by atoms with van der Waals surface area (Å²) < 4.78 is 0. The number of hydrogen-bond donors (Lipinski definition) is 2. The van der Waals surface area contributed by atoms with Crippen LogP contribution in [0.3, 0.4) is 0 Å². The Balaban J connectivity index is 2.85. The normalized spacial score (nSPS) is 9.67. The predicted molar refractivity (Wildman–Crippen MR) is 55.3 cm³/mol. The Morgan fingerprint density at radius 1 is 1.33 bits per heavy atom. The largest absolute Gasteiger partial charge is 0.395 e. The molecule has 1 rings (SSSR count). The number of nitriles is 1. The van der Waals surface area contributed by atoms with Crippen molar-refractivity contribution in [2.75, 3.05) is 31.2 Å². The first kappa shape index (κ1) is 11.4. The Kier molecular flexibility index (Phi) is 4.54. The summed E-state index contributed by atoms with van der Waals surface area (Å²) in [6.45, 7) is 0.752. The van der Waals surface area contributed by atoms with Crippen LogP contribution >= 0.6 is 0 Å². The molecule has 0 aromatic carbocycles. The molecule has 1 aromatic heterocycles. The van der Waals surface area contributed by atoms with Crippen LogP contribution in [0.2, 0.25) is 0 Å². The molecule has 1 heterocycles. The Morgan fingerprint density at radius 3 is 2.53 bits per heavy atom. The van der Waals surface area contributed by atoms with Crippen molar-refractivity contribution >= 4 is 5.82 Å². The molecule has 15 heavy (non-hydrogen) atoms. The minimum atomic E-state index is -0.0154. The molecule has 0 aliphatic carbocycles. The van der Waals surface area contributed by atoms with E-state index in [2.05, 4.69) is 4.98 Å². The molecule has 0 aliphatic rings. The zero-order chi connectivity index (χ0) is 11.1. The van der Waals surface area contributed by atoms with Crippen molar-refractivity contribution in [2.24, 2.45) is 0 Å². The van der Waals surface area contributed by atoms with E-state index in [9.17, 15) is 0 Å². The highest BCUT2D eigenvalue weighted by Crippen LogP contribution is 2.11. The third-order valence-electron chi connectivity index (χ3n) is 1.94. The molecule has 80 valence electrons. The van der Waals surface area contributed by atoms with Crippen LogP contribution in [0.25, 0.3) is 0 Å². The van der Waals surface area contributed by atoms with E-state index < -0.39 is 0 Å². The number of aromatic nitrogens is 1. The first-order valence-corrected chi connectivity index (χ1v) is 4.64.